The van der Waals surface area contributed by atoms with Crippen molar-refractivity contribution in [3.63, 3.8) is 0 Å². The Morgan fingerprint density at radius 3 is 2.48 bits per heavy atom. The second-order valence-corrected chi connectivity index (χ2v) is 8.11. The number of aliphatic hydroxyl groups is 2. The van der Waals surface area contributed by atoms with Crippen LogP contribution in [0.1, 0.15) is 90.4 Å². The van der Waals surface area contributed by atoms with Gasteiger partial charge in [0, 0.05) is 12.5 Å². The molecule has 5 unspecified atom stereocenters. The molecule has 0 amide bonds. The smallest absolute Gasteiger partial charge is 0.0721 e. The van der Waals surface area contributed by atoms with Gasteiger partial charge in [-0.05, 0) is 38.0 Å². The lowest BCUT2D eigenvalue weighted by atomic mass is 9.76. The molecule has 5 atom stereocenters. The van der Waals surface area contributed by atoms with Gasteiger partial charge in [0.05, 0.1) is 18.3 Å². The number of hydrogen-bond donors (Lipinski definition) is 2. The van der Waals surface area contributed by atoms with E-state index in [-0.39, 0.29) is 6.10 Å². The van der Waals surface area contributed by atoms with Crippen LogP contribution in [0.15, 0.2) is 12.2 Å². The lowest BCUT2D eigenvalue weighted by molar-refractivity contribution is 0.0884. The summed E-state index contributed by atoms with van der Waals surface area (Å²) in [7, 11) is 0. The molecule has 3 heteroatoms. The summed E-state index contributed by atoms with van der Waals surface area (Å²) in [4.78, 5) is 0. The van der Waals surface area contributed by atoms with Crippen LogP contribution in [0.5, 0.6) is 0 Å². The molecule has 2 aliphatic heterocycles. The molecule has 0 aromatic heterocycles. The maximum absolute atomic E-state index is 10.2. The predicted molar refractivity (Wildman–Crippen MR) is 104 cm³/mol. The summed E-state index contributed by atoms with van der Waals surface area (Å²) in [6.45, 7) is 2.55. The molecule has 2 N–H and O–H groups in total. The van der Waals surface area contributed by atoms with E-state index in [1.165, 1.54) is 57.8 Å². The van der Waals surface area contributed by atoms with Crippen LogP contribution >= 0.6 is 0 Å². The van der Waals surface area contributed by atoms with Crippen LogP contribution in [0.3, 0.4) is 0 Å². The molecule has 3 nitrogen and oxygen atoms in total. The van der Waals surface area contributed by atoms with Crippen molar-refractivity contribution < 1.29 is 14.9 Å². The highest BCUT2D eigenvalue weighted by Gasteiger charge is 2.46. The van der Waals surface area contributed by atoms with Crippen molar-refractivity contribution in [3.8, 4) is 0 Å². The first-order valence-corrected chi connectivity index (χ1v) is 10.9. The van der Waals surface area contributed by atoms with E-state index < -0.39 is 0 Å². The highest BCUT2D eigenvalue weighted by atomic mass is 16.5. The Kier molecular flexibility index (Phi) is 10.1. The third kappa shape index (κ3) is 7.03. The SMILES string of the molecule is CCCCCCC(O)/C=C/C1C2CCC(O2)C1CCCCCCCO. The summed E-state index contributed by atoms with van der Waals surface area (Å²) >= 11 is 0. The van der Waals surface area contributed by atoms with Gasteiger partial charge in [0.15, 0.2) is 0 Å². The normalized spacial score (nSPS) is 29.7. The Bertz CT molecular complexity index is 368. The minimum Gasteiger partial charge on any atom is -0.396 e. The van der Waals surface area contributed by atoms with Crippen LogP contribution in [0.4, 0.5) is 0 Å². The number of unbranched alkanes of at least 4 members (excludes halogenated alkanes) is 7. The Morgan fingerprint density at radius 2 is 1.68 bits per heavy atom. The molecule has 146 valence electrons. The number of fused-ring (bicyclic) bond motifs is 2. The second-order valence-electron chi connectivity index (χ2n) is 8.11. The van der Waals surface area contributed by atoms with Crippen LogP contribution in [-0.2, 0) is 4.74 Å². The van der Waals surface area contributed by atoms with E-state index in [4.69, 9.17) is 9.84 Å². The minimum absolute atomic E-state index is 0.282. The highest BCUT2D eigenvalue weighted by Crippen LogP contribution is 2.46. The fourth-order valence-corrected chi connectivity index (χ4v) is 4.61. The third-order valence-corrected chi connectivity index (χ3v) is 6.09. The first-order chi connectivity index (χ1) is 12.3. The molecule has 0 aromatic rings. The zero-order valence-corrected chi connectivity index (χ0v) is 16.2. The maximum atomic E-state index is 10.2. The van der Waals surface area contributed by atoms with Crippen LogP contribution in [0, 0.1) is 11.8 Å². The van der Waals surface area contributed by atoms with E-state index in [0.29, 0.717) is 30.7 Å². The highest BCUT2D eigenvalue weighted by molar-refractivity contribution is 5.06. The molecule has 0 aliphatic carbocycles. The standard InChI is InChI=1S/C22H40O3/c1-2-3-4-8-11-18(24)13-14-20-19(21-15-16-22(20)25-21)12-9-6-5-7-10-17-23/h13-14,18-24H,2-12,15-17H2,1H3/b14-13+. The van der Waals surface area contributed by atoms with Crippen molar-refractivity contribution >= 4 is 0 Å². The topological polar surface area (TPSA) is 49.7 Å². The van der Waals surface area contributed by atoms with Gasteiger partial charge in [-0.3, -0.25) is 0 Å². The molecule has 2 fully saturated rings. The summed E-state index contributed by atoms with van der Waals surface area (Å²) in [5.74, 6) is 1.17. The Hall–Kier alpha value is -0.380. The van der Waals surface area contributed by atoms with Gasteiger partial charge in [0.2, 0.25) is 0 Å². The molecule has 0 radical (unpaired) electrons. The average molecular weight is 353 g/mol. The van der Waals surface area contributed by atoms with E-state index in [1.54, 1.807) is 0 Å². The van der Waals surface area contributed by atoms with Crippen LogP contribution in [0.2, 0.25) is 0 Å². The van der Waals surface area contributed by atoms with Crippen molar-refractivity contribution in [3.05, 3.63) is 12.2 Å². The Balaban J connectivity index is 1.70. The quantitative estimate of drug-likeness (QED) is 0.342. The van der Waals surface area contributed by atoms with Crippen LogP contribution in [0.25, 0.3) is 0 Å². The van der Waals surface area contributed by atoms with E-state index in [0.717, 1.165) is 25.7 Å². The Labute approximate surface area is 154 Å². The zero-order chi connectivity index (χ0) is 17.9. The minimum atomic E-state index is -0.282. The molecule has 25 heavy (non-hydrogen) atoms. The van der Waals surface area contributed by atoms with Crippen molar-refractivity contribution in [1.29, 1.82) is 0 Å². The summed E-state index contributed by atoms with van der Waals surface area (Å²) in [6, 6.07) is 0. The number of aliphatic hydroxyl groups excluding tert-OH is 2. The fourth-order valence-electron chi connectivity index (χ4n) is 4.61. The van der Waals surface area contributed by atoms with Gasteiger partial charge in [-0.25, -0.2) is 0 Å². The van der Waals surface area contributed by atoms with Crippen LogP contribution < -0.4 is 0 Å². The molecule has 2 aliphatic rings. The molecule has 0 spiro atoms. The Morgan fingerprint density at radius 1 is 0.960 bits per heavy atom. The second kappa shape index (κ2) is 12.1. The van der Waals surface area contributed by atoms with E-state index in [9.17, 15) is 5.11 Å². The molecule has 0 saturated carbocycles. The first-order valence-electron chi connectivity index (χ1n) is 10.9. The van der Waals surface area contributed by atoms with Gasteiger partial charge in [-0.15, -0.1) is 0 Å². The molecular weight excluding hydrogens is 312 g/mol. The van der Waals surface area contributed by atoms with Crippen molar-refractivity contribution in [1.82, 2.24) is 0 Å². The van der Waals surface area contributed by atoms with Gasteiger partial charge in [0.25, 0.3) is 0 Å². The maximum Gasteiger partial charge on any atom is 0.0721 e. The number of hydrogen-bond acceptors (Lipinski definition) is 3. The molecule has 2 bridgehead atoms. The van der Waals surface area contributed by atoms with Crippen LogP contribution in [-0.4, -0.2) is 35.1 Å². The number of rotatable bonds is 14. The van der Waals surface area contributed by atoms with E-state index in [2.05, 4.69) is 19.1 Å². The average Bonchev–Trinajstić information content (AvgIpc) is 3.21. The molecule has 2 saturated heterocycles. The zero-order valence-electron chi connectivity index (χ0n) is 16.2. The lowest BCUT2D eigenvalue weighted by Gasteiger charge is -2.26. The molecule has 2 heterocycles. The summed E-state index contributed by atoms with van der Waals surface area (Å²) in [6.07, 6.45) is 20.2. The summed E-state index contributed by atoms with van der Waals surface area (Å²) < 4.78 is 6.17. The van der Waals surface area contributed by atoms with Crippen molar-refractivity contribution in [2.24, 2.45) is 11.8 Å². The van der Waals surface area contributed by atoms with Gasteiger partial charge in [-0.2, -0.15) is 0 Å². The van der Waals surface area contributed by atoms with Gasteiger partial charge in [0.1, 0.15) is 0 Å². The number of ether oxygens (including phenoxy) is 1. The monoisotopic (exact) mass is 352 g/mol. The van der Waals surface area contributed by atoms with E-state index in [1.807, 2.05) is 0 Å². The molecule has 2 rings (SSSR count). The lowest BCUT2D eigenvalue weighted by Crippen LogP contribution is -2.26. The van der Waals surface area contributed by atoms with E-state index >= 15 is 0 Å². The summed E-state index contributed by atoms with van der Waals surface area (Å²) in [5.41, 5.74) is 0. The molecule has 0 aromatic carbocycles. The molecular formula is C22H40O3. The first kappa shape index (κ1) is 20.9. The van der Waals surface area contributed by atoms with Gasteiger partial charge >= 0.3 is 0 Å². The van der Waals surface area contributed by atoms with Crippen molar-refractivity contribution in [2.75, 3.05) is 6.61 Å². The largest absolute Gasteiger partial charge is 0.396 e. The van der Waals surface area contributed by atoms with Gasteiger partial charge in [-0.1, -0.05) is 70.4 Å². The summed E-state index contributed by atoms with van der Waals surface area (Å²) in [5, 5.41) is 19.1. The van der Waals surface area contributed by atoms with Gasteiger partial charge < -0.3 is 14.9 Å². The predicted octanol–water partition coefficient (Wildman–Crippen LogP) is 5.00. The third-order valence-electron chi connectivity index (χ3n) is 6.09. The fraction of sp³-hybridized carbons (Fsp3) is 0.909. The van der Waals surface area contributed by atoms with Crippen molar-refractivity contribution in [2.45, 2.75) is 109 Å².